The van der Waals surface area contributed by atoms with E-state index in [9.17, 15) is 22.8 Å². The Morgan fingerprint density at radius 3 is 2.26 bits per heavy atom. The van der Waals surface area contributed by atoms with Crippen molar-refractivity contribution in [2.75, 3.05) is 7.11 Å². The van der Waals surface area contributed by atoms with Gasteiger partial charge in [0.1, 0.15) is 22.8 Å². The number of esters is 1. The van der Waals surface area contributed by atoms with Gasteiger partial charge >= 0.3 is 12.1 Å². The van der Waals surface area contributed by atoms with Gasteiger partial charge < -0.3 is 18.6 Å². The van der Waals surface area contributed by atoms with Crippen molar-refractivity contribution < 1.29 is 36.6 Å². The van der Waals surface area contributed by atoms with Crippen molar-refractivity contribution in [1.82, 2.24) is 0 Å². The molecule has 0 spiro atoms. The zero-order chi connectivity index (χ0) is 25.3. The molecule has 0 saturated carbocycles. The molecule has 4 rings (SSSR count). The summed E-state index contributed by atoms with van der Waals surface area (Å²) in [5.41, 5.74) is 0.246. The largest absolute Gasteiger partial charge is 0.497 e. The molecular formula is C26H19F3O6. The van der Waals surface area contributed by atoms with Crippen LogP contribution in [0.5, 0.6) is 23.0 Å². The van der Waals surface area contributed by atoms with Crippen molar-refractivity contribution in [3.8, 4) is 23.0 Å². The van der Waals surface area contributed by atoms with Crippen LogP contribution in [0.25, 0.3) is 11.0 Å². The number of methoxy groups -OCH3 is 1. The fraction of sp³-hybridized carbons (Fsp3) is 0.154. The zero-order valence-corrected chi connectivity index (χ0v) is 18.9. The first-order valence-electron chi connectivity index (χ1n) is 10.4. The maximum Gasteiger partial charge on any atom is 0.453 e. The van der Waals surface area contributed by atoms with Crippen molar-refractivity contribution in [1.29, 1.82) is 0 Å². The third-order valence-electron chi connectivity index (χ3n) is 5.01. The Morgan fingerprint density at radius 1 is 0.886 bits per heavy atom. The molecule has 0 aliphatic rings. The number of hydrogen-bond donors (Lipinski definition) is 0. The molecule has 35 heavy (non-hydrogen) atoms. The summed E-state index contributed by atoms with van der Waals surface area (Å²) in [6.45, 7) is 3.50. The van der Waals surface area contributed by atoms with E-state index in [0.29, 0.717) is 5.75 Å². The van der Waals surface area contributed by atoms with E-state index >= 15 is 0 Å². The molecule has 0 fully saturated rings. The molecule has 1 aromatic heterocycles. The summed E-state index contributed by atoms with van der Waals surface area (Å²) in [5.74, 6) is -2.94. The van der Waals surface area contributed by atoms with Crippen molar-refractivity contribution in [3.05, 3.63) is 93.3 Å². The van der Waals surface area contributed by atoms with Crippen LogP contribution >= 0.6 is 0 Å². The van der Waals surface area contributed by atoms with Crippen molar-refractivity contribution in [2.24, 2.45) is 0 Å². The molecule has 0 atom stereocenters. The number of alkyl halides is 3. The van der Waals surface area contributed by atoms with Gasteiger partial charge in [0.25, 0.3) is 5.76 Å². The maximum atomic E-state index is 13.8. The molecule has 1 heterocycles. The number of rotatable bonds is 5. The van der Waals surface area contributed by atoms with Crippen LogP contribution in [-0.2, 0) is 6.18 Å². The van der Waals surface area contributed by atoms with Crippen molar-refractivity contribution >= 4 is 16.9 Å². The number of aryl methyl sites for hydroxylation is 2. The van der Waals surface area contributed by atoms with E-state index in [4.69, 9.17) is 18.6 Å². The van der Waals surface area contributed by atoms with Crippen LogP contribution in [0.15, 0.2) is 69.9 Å². The zero-order valence-electron chi connectivity index (χ0n) is 18.9. The number of ether oxygens (including phenoxy) is 3. The summed E-state index contributed by atoms with van der Waals surface area (Å²) in [6, 6.07) is 14.5. The van der Waals surface area contributed by atoms with E-state index in [0.717, 1.165) is 17.2 Å². The first kappa shape index (κ1) is 23.9. The number of carbonyl (C=O) groups excluding carboxylic acids is 1. The molecule has 0 amide bonds. The Kier molecular flexibility index (Phi) is 6.26. The fourth-order valence-corrected chi connectivity index (χ4v) is 3.52. The standard InChI is InChI=1S/C26H19F3O6/c1-14-9-15(2)11-19(10-14)33-23-22(30)20-8-7-18(13-21(20)35-24(23)26(27,28)29)34-25(31)16-5-4-6-17(12-16)32-3/h4-13H,1-3H3. The maximum absolute atomic E-state index is 13.8. The SMILES string of the molecule is COc1cccc(C(=O)Oc2ccc3c(=O)c(Oc4cc(C)cc(C)c4)c(C(F)(F)F)oc3c2)c1. The molecule has 0 unspecified atom stereocenters. The number of benzene rings is 3. The quantitative estimate of drug-likeness (QED) is 0.239. The second-order valence-electron chi connectivity index (χ2n) is 7.79. The summed E-state index contributed by atoms with van der Waals surface area (Å²) in [5, 5.41) is -0.168. The summed E-state index contributed by atoms with van der Waals surface area (Å²) >= 11 is 0. The second kappa shape index (κ2) is 9.17. The number of fused-ring (bicyclic) bond motifs is 1. The van der Waals surface area contributed by atoms with E-state index in [2.05, 4.69) is 0 Å². The topological polar surface area (TPSA) is 75.0 Å². The third kappa shape index (κ3) is 5.13. The predicted octanol–water partition coefficient (Wildman–Crippen LogP) is 6.45. The Labute approximate surface area is 197 Å². The Morgan fingerprint density at radius 2 is 1.60 bits per heavy atom. The lowest BCUT2D eigenvalue weighted by Crippen LogP contribution is -2.15. The minimum Gasteiger partial charge on any atom is -0.497 e. The predicted molar refractivity (Wildman–Crippen MR) is 121 cm³/mol. The third-order valence-corrected chi connectivity index (χ3v) is 5.01. The fourth-order valence-electron chi connectivity index (χ4n) is 3.52. The molecule has 0 bridgehead atoms. The molecule has 6 nitrogen and oxygen atoms in total. The van der Waals surface area contributed by atoms with Crippen LogP contribution in [0, 0.1) is 13.8 Å². The van der Waals surface area contributed by atoms with Gasteiger partial charge in [-0.05, 0) is 67.4 Å². The minimum absolute atomic E-state index is 0.0727. The van der Waals surface area contributed by atoms with E-state index in [1.807, 2.05) is 6.07 Å². The normalized spacial score (nSPS) is 11.4. The summed E-state index contributed by atoms with van der Waals surface area (Å²) in [4.78, 5) is 25.4. The van der Waals surface area contributed by atoms with E-state index in [1.54, 1.807) is 26.0 Å². The molecular weight excluding hydrogens is 465 g/mol. The van der Waals surface area contributed by atoms with E-state index in [1.165, 1.54) is 43.5 Å². The van der Waals surface area contributed by atoms with Gasteiger partial charge in [0.05, 0.1) is 18.1 Å². The average Bonchev–Trinajstić information content (AvgIpc) is 2.79. The Hall–Kier alpha value is -4.27. The summed E-state index contributed by atoms with van der Waals surface area (Å²) in [7, 11) is 1.44. The lowest BCUT2D eigenvalue weighted by molar-refractivity contribution is -0.154. The highest BCUT2D eigenvalue weighted by Gasteiger charge is 2.40. The van der Waals surface area contributed by atoms with Gasteiger partial charge in [-0.2, -0.15) is 13.2 Å². The van der Waals surface area contributed by atoms with Crippen molar-refractivity contribution in [3.63, 3.8) is 0 Å². The summed E-state index contributed by atoms with van der Waals surface area (Å²) in [6.07, 6.45) is -5.02. The van der Waals surface area contributed by atoms with Gasteiger partial charge in [-0.1, -0.05) is 12.1 Å². The Balaban J connectivity index is 1.75. The highest BCUT2D eigenvalue weighted by atomic mass is 19.4. The first-order chi connectivity index (χ1) is 16.5. The monoisotopic (exact) mass is 484 g/mol. The van der Waals surface area contributed by atoms with Gasteiger partial charge in [0.2, 0.25) is 11.2 Å². The minimum atomic E-state index is -5.02. The lowest BCUT2D eigenvalue weighted by Gasteiger charge is -2.14. The number of carbonyl (C=O) groups is 1. The molecule has 3 aromatic carbocycles. The number of halogens is 3. The molecule has 0 aliphatic heterocycles. The first-order valence-corrected chi connectivity index (χ1v) is 10.4. The van der Waals surface area contributed by atoms with Crippen LogP contribution < -0.4 is 19.6 Å². The van der Waals surface area contributed by atoms with Crippen LogP contribution in [0.3, 0.4) is 0 Å². The second-order valence-corrected chi connectivity index (χ2v) is 7.79. The smallest absolute Gasteiger partial charge is 0.453 e. The van der Waals surface area contributed by atoms with Gasteiger partial charge in [-0.3, -0.25) is 4.79 Å². The van der Waals surface area contributed by atoms with Crippen LogP contribution in [0.1, 0.15) is 27.2 Å². The van der Waals surface area contributed by atoms with Crippen LogP contribution in [0.4, 0.5) is 13.2 Å². The van der Waals surface area contributed by atoms with Crippen LogP contribution in [-0.4, -0.2) is 13.1 Å². The van der Waals surface area contributed by atoms with E-state index < -0.39 is 34.7 Å². The van der Waals surface area contributed by atoms with Gasteiger partial charge in [0.15, 0.2) is 0 Å². The molecule has 9 heteroatoms. The van der Waals surface area contributed by atoms with Crippen molar-refractivity contribution in [2.45, 2.75) is 20.0 Å². The highest BCUT2D eigenvalue weighted by Crippen LogP contribution is 2.39. The number of hydrogen-bond acceptors (Lipinski definition) is 6. The van der Waals surface area contributed by atoms with E-state index in [-0.39, 0.29) is 22.4 Å². The van der Waals surface area contributed by atoms with Gasteiger partial charge in [-0.15, -0.1) is 0 Å². The molecule has 0 saturated heterocycles. The van der Waals surface area contributed by atoms with Crippen LogP contribution in [0.2, 0.25) is 0 Å². The molecule has 4 aromatic rings. The molecule has 0 radical (unpaired) electrons. The summed E-state index contributed by atoms with van der Waals surface area (Å²) < 4.78 is 62.2. The molecule has 180 valence electrons. The molecule has 0 aliphatic carbocycles. The molecule has 0 N–H and O–H groups in total. The lowest BCUT2D eigenvalue weighted by atomic mass is 10.1. The average molecular weight is 484 g/mol. The van der Waals surface area contributed by atoms with Gasteiger partial charge in [0, 0.05) is 6.07 Å². The highest BCUT2D eigenvalue weighted by molar-refractivity contribution is 5.92. The van der Waals surface area contributed by atoms with Gasteiger partial charge in [-0.25, -0.2) is 4.79 Å². The Bertz CT molecular complexity index is 1470.